The number of benzene rings is 2. The minimum atomic E-state index is -1.25. The third-order valence-corrected chi connectivity index (χ3v) is 10.1. The largest absolute Gasteiger partial charge is 0.463 e. The molecule has 3 amide bonds. The number of carbonyl (C=O) groups is 4. The summed E-state index contributed by atoms with van der Waals surface area (Å²) in [6.45, 7) is 13.1. The van der Waals surface area contributed by atoms with Crippen LogP contribution in [0.3, 0.4) is 0 Å². The predicted octanol–water partition coefficient (Wildman–Crippen LogP) is 4.33. The van der Waals surface area contributed by atoms with Gasteiger partial charge < -0.3 is 29.7 Å². The van der Waals surface area contributed by atoms with E-state index in [-0.39, 0.29) is 38.0 Å². The Kier molecular flexibility index (Phi) is 10.9. The summed E-state index contributed by atoms with van der Waals surface area (Å²) in [4.78, 5) is 59.2. The molecule has 7 atom stereocenters. The summed E-state index contributed by atoms with van der Waals surface area (Å²) >= 11 is 0. The van der Waals surface area contributed by atoms with Gasteiger partial charge in [0.1, 0.15) is 18.2 Å². The molecule has 3 heterocycles. The summed E-state index contributed by atoms with van der Waals surface area (Å²) in [5.74, 6) is -3.32. The SMILES string of the molecule is C=CCCC(=O)OC[C@H](NC(=O)[C@@H]1[C@@H]2CC[C@]3(O2)[C@H](C(=O)N(CC=C)c2cc(C)ccc2C)N([C@@H](CC)CO)C(=O)[C@@H]13)c1ccccc1. The maximum absolute atomic E-state index is 14.8. The first-order valence-electron chi connectivity index (χ1n) is 16.8. The number of hydrogen-bond donors (Lipinski definition) is 2. The van der Waals surface area contributed by atoms with Gasteiger partial charge in [0.25, 0.3) is 5.91 Å². The molecule has 0 unspecified atom stereocenters. The fraction of sp³-hybridized carbons (Fsp3) is 0.474. The summed E-state index contributed by atoms with van der Waals surface area (Å²) in [6, 6.07) is 12.7. The minimum Gasteiger partial charge on any atom is -0.463 e. The number of esters is 1. The van der Waals surface area contributed by atoms with Crippen LogP contribution in [-0.2, 0) is 28.7 Å². The first-order valence-corrected chi connectivity index (χ1v) is 16.8. The molecule has 2 N–H and O–H groups in total. The third-order valence-electron chi connectivity index (χ3n) is 10.1. The summed E-state index contributed by atoms with van der Waals surface area (Å²) < 4.78 is 12.2. The highest BCUT2D eigenvalue weighted by Crippen LogP contribution is 2.59. The molecule has 10 heteroatoms. The maximum Gasteiger partial charge on any atom is 0.306 e. The van der Waals surface area contributed by atoms with Crippen molar-refractivity contribution in [2.75, 3.05) is 24.7 Å². The lowest BCUT2D eigenvalue weighted by Crippen LogP contribution is -2.59. The first kappa shape index (κ1) is 35.0. The normalized spacial score (nSPS) is 25.2. The number of nitrogens with one attached hydrogen (secondary N) is 1. The van der Waals surface area contributed by atoms with Crippen molar-refractivity contribution in [3.63, 3.8) is 0 Å². The van der Waals surface area contributed by atoms with E-state index in [1.165, 1.54) is 4.90 Å². The van der Waals surface area contributed by atoms with Gasteiger partial charge in [0.05, 0.1) is 36.6 Å². The molecule has 2 aromatic carbocycles. The molecule has 48 heavy (non-hydrogen) atoms. The summed E-state index contributed by atoms with van der Waals surface area (Å²) in [6.07, 6.45) is 4.69. The van der Waals surface area contributed by atoms with Crippen molar-refractivity contribution in [3.8, 4) is 0 Å². The Morgan fingerprint density at radius 1 is 1.17 bits per heavy atom. The second-order valence-corrected chi connectivity index (χ2v) is 13.1. The third kappa shape index (κ3) is 6.43. The Morgan fingerprint density at radius 2 is 1.92 bits per heavy atom. The number of fused-ring (bicyclic) bond motifs is 1. The molecule has 3 fully saturated rings. The van der Waals surface area contributed by atoms with Crippen LogP contribution in [0.4, 0.5) is 5.69 Å². The van der Waals surface area contributed by atoms with Crippen molar-refractivity contribution in [2.45, 2.75) is 82.7 Å². The molecule has 256 valence electrons. The average Bonchev–Trinajstić information content (AvgIpc) is 3.74. The number of amides is 3. The van der Waals surface area contributed by atoms with Gasteiger partial charge in [-0.1, -0.05) is 61.5 Å². The van der Waals surface area contributed by atoms with Crippen molar-refractivity contribution in [2.24, 2.45) is 11.8 Å². The number of ether oxygens (including phenoxy) is 2. The first-order chi connectivity index (χ1) is 23.1. The van der Waals surface area contributed by atoms with Gasteiger partial charge in [-0.2, -0.15) is 0 Å². The maximum atomic E-state index is 14.8. The Bertz CT molecular complexity index is 1540. The lowest BCUT2D eigenvalue weighted by Gasteiger charge is -2.39. The topological polar surface area (TPSA) is 125 Å². The predicted molar refractivity (Wildman–Crippen MR) is 182 cm³/mol. The highest BCUT2D eigenvalue weighted by Gasteiger charge is 2.75. The highest BCUT2D eigenvalue weighted by atomic mass is 16.5. The number of aliphatic hydroxyl groups excluding tert-OH is 1. The summed E-state index contributed by atoms with van der Waals surface area (Å²) in [5.41, 5.74) is 2.07. The fourth-order valence-electron chi connectivity index (χ4n) is 7.71. The standard InChI is InChI=1S/C38H47N3O7/c1-6-9-15-31(43)47-23-28(26-13-11-10-12-14-26)39-35(44)32-30-18-19-38(48-30)33(32)36(45)41(27(8-3)22-42)34(38)37(46)40(20-7-2)29-21-24(4)16-17-25(29)5/h6-7,10-14,16-17,21,27-28,30,32-34,42H,1-2,8-9,15,18-20,22-23H2,3-5H3,(H,39,44)/t27-,28-,30-,32+,33+,34-,38+/m0/s1. The van der Waals surface area contributed by atoms with Gasteiger partial charge in [-0.05, 0) is 62.3 Å². The quantitative estimate of drug-likeness (QED) is 0.216. The van der Waals surface area contributed by atoms with E-state index in [2.05, 4.69) is 18.5 Å². The van der Waals surface area contributed by atoms with Crippen LogP contribution in [0.2, 0.25) is 0 Å². The van der Waals surface area contributed by atoms with Gasteiger partial charge in [-0.3, -0.25) is 19.2 Å². The number of rotatable bonds is 15. The molecule has 5 rings (SSSR count). The Hall–Kier alpha value is -4.28. The zero-order chi connectivity index (χ0) is 34.6. The van der Waals surface area contributed by atoms with Gasteiger partial charge in [-0.15, -0.1) is 13.2 Å². The Morgan fingerprint density at radius 3 is 2.58 bits per heavy atom. The fourth-order valence-corrected chi connectivity index (χ4v) is 7.71. The molecule has 2 aromatic rings. The Balaban J connectivity index is 1.49. The lowest BCUT2D eigenvalue weighted by molar-refractivity contribution is -0.146. The van der Waals surface area contributed by atoms with Gasteiger partial charge in [0.15, 0.2) is 0 Å². The van der Waals surface area contributed by atoms with E-state index in [4.69, 9.17) is 9.47 Å². The molecule has 3 saturated heterocycles. The molecule has 10 nitrogen and oxygen atoms in total. The van der Waals surface area contributed by atoms with E-state index in [0.717, 1.165) is 16.7 Å². The van der Waals surface area contributed by atoms with E-state index in [9.17, 15) is 24.3 Å². The van der Waals surface area contributed by atoms with Crippen LogP contribution < -0.4 is 10.2 Å². The van der Waals surface area contributed by atoms with Gasteiger partial charge in [0.2, 0.25) is 11.8 Å². The number of hydrogen-bond acceptors (Lipinski definition) is 7. The smallest absolute Gasteiger partial charge is 0.306 e. The number of aliphatic hydroxyl groups is 1. The molecular weight excluding hydrogens is 610 g/mol. The van der Waals surface area contributed by atoms with E-state index in [0.29, 0.717) is 31.4 Å². The van der Waals surface area contributed by atoms with E-state index in [1.54, 1.807) is 17.1 Å². The molecule has 2 bridgehead atoms. The Labute approximate surface area is 282 Å². The molecule has 3 aliphatic rings. The average molecular weight is 658 g/mol. The van der Waals surface area contributed by atoms with Gasteiger partial charge in [0, 0.05) is 18.7 Å². The zero-order valence-electron chi connectivity index (χ0n) is 28.1. The second-order valence-electron chi connectivity index (χ2n) is 13.1. The minimum absolute atomic E-state index is 0.0876. The monoisotopic (exact) mass is 657 g/mol. The highest BCUT2D eigenvalue weighted by molar-refractivity contribution is 6.05. The molecule has 0 aliphatic carbocycles. The van der Waals surface area contributed by atoms with Crippen molar-refractivity contribution in [1.82, 2.24) is 10.2 Å². The van der Waals surface area contributed by atoms with Crippen LogP contribution in [0.25, 0.3) is 0 Å². The number of carbonyl (C=O) groups excluding carboxylic acids is 4. The van der Waals surface area contributed by atoms with Crippen molar-refractivity contribution >= 4 is 29.4 Å². The lowest BCUT2D eigenvalue weighted by atomic mass is 9.70. The van der Waals surface area contributed by atoms with Crippen LogP contribution in [0.1, 0.15) is 61.8 Å². The molecular formula is C38H47N3O7. The van der Waals surface area contributed by atoms with Crippen LogP contribution in [0.5, 0.6) is 0 Å². The molecule has 3 aliphatic heterocycles. The number of nitrogens with zero attached hydrogens (tertiary/aromatic N) is 2. The summed E-state index contributed by atoms with van der Waals surface area (Å²) in [5, 5.41) is 13.5. The molecule has 0 aromatic heterocycles. The van der Waals surface area contributed by atoms with Crippen LogP contribution in [0, 0.1) is 25.7 Å². The van der Waals surface area contributed by atoms with Crippen molar-refractivity contribution in [1.29, 1.82) is 0 Å². The van der Waals surface area contributed by atoms with Crippen molar-refractivity contribution < 1.29 is 33.8 Å². The number of aryl methyl sites for hydroxylation is 2. The van der Waals surface area contributed by atoms with E-state index >= 15 is 0 Å². The van der Waals surface area contributed by atoms with E-state index in [1.807, 2.05) is 69.3 Å². The van der Waals surface area contributed by atoms with Crippen LogP contribution >= 0.6 is 0 Å². The summed E-state index contributed by atoms with van der Waals surface area (Å²) in [7, 11) is 0. The number of likely N-dealkylation sites (tertiary alicyclic amines) is 1. The van der Waals surface area contributed by atoms with Crippen molar-refractivity contribution in [3.05, 3.63) is 90.5 Å². The zero-order valence-corrected chi connectivity index (χ0v) is 28.1. The number of allylic oxidation sites excluding steroid dienone is 1. The van der Waals surface area contributed by atoms with Crippen LogP contribution in [-0.4, -0.2) is 77.2 Å². The van der Waals surface area contributed by atoms with Gasteiger partial charge in [-0.25, -0.2) is 0 Å². The second kappa shape index (κ2) is 14.9. The van der Waals surface area contributed by atoms with Gasteiger partial charge >= 0.3 is 5.97 Å². The molecule has 1 spiro atoms. The molecule has 0 radical (unpaired) electrons. The number of anilines is 1. The van der Waals surface area contributed by atoms with E-state index < -0.39 is 53.5 Å². The van der Waals surface area contributed by atoms with Crippen LogP contribution in [0.15, 0.2) is 73.8 Å². The molecule has 0 saturated carbocycles.